The summed E-state index contributed by atoms with van der Waals surface area (Å²) in [6.07, 6.45) is 0. The first-order valence-electron chi connectivity index (χ1n) is 3.40. The van der Waals surface area contributed by atoms with E-state index in [1.807, 2.05) is 19.9 Å². The zero-order chi connectivity index (χ0) is 9.30. The van der Waals surface area contributed by atoms with Crippen molar-refractivity contribution in [2.75, 3.05) is 0 Å². The Morgan fingerprint density at radius 1 is 1.31 bits per heavy atom. The van der Waals surface area contributed by atoms with Gasteiger partial charge in [0.2, 0.25) is 0 Å². The van der Waals surface area contributed by atoms with Gasteiger partial charge in [-0.3, -0.25) is 0 Å². The average molecular weight is 273 g/mol. The molecule has 0 amide bonds. The second-order valence-electron chi connectivity index (χ2n) is 2.62. The van der Waals surface area contributed by atoms with Crippen LogP contribution in [-0.4, -0.2) is 38.3 Å². The Morgan fingerprint density at radius 3 is 2.31 bits per heavy atom. The Hall–Kier alpha value is 0.810. The molecule has 0 heterocycles. The topological polar surface area (TPSA) is 37.3 Å². The van der Waals surface area contributed by atoms with Gasteiger partial charge in [-0.1, -0.05) is 22.0 Å². The van der Waals surface area contributed by atoms with Gasteiger partial charge in [-0.2, -0.15) is 0 Å². The molecule has 0 fully saturated rings. The van der Waals surface area contributed by atoms with Crippen LogP contribution in [-0.2, 0) is 11.1 Å². The fourth-order valence-electron chi connectivity index (χ4n) is 0.996. The zero-order valence-corrected chi connectivity index (χ0v) is 9.20. The van der Waals surface area contributed by atoms with Crippen LogP contribution in [0.25, 0.3) is 0 Å². The standard InChI is InChI=1S/C8H9BrO2S.Na.H/c1-5-3-6(2)8(12(10)11)4-7(5)9;;/h3-4H,1-2H3,(H,10,11);;. The first-order chi connectivity index (χ1) is 5.52. The van der Waals surface area contributed by atoms with Crippen LogP contribution in [0.2, 0.25) is 0 Å². The quantitative estimate of drug-likeness (QED) is 0.627. The first kappa shape index (κ1) is 13.8. The van der Waals surface area contributed by atoms with Gasteiger partial charge < -0.3 is 4.55 Å². The Kier molecular flexibility index (Phi) is 5.98. The molecular weight excluding hydrogens is 263 g/mol. The van der Waals surface area contributed by atoms with Gasteiger partial charge >= 0.3 is 29.6 Å². The molecule has 1 atom stereocenters. The van der Waals surface area contributed by atoms with Crippen molar-refractivity contribution in [2.24, 2.45) is 0 Å². The molecule has 1 unspecified atom stereocenters. The summed E-state index contributed by atoms with van der Waals surface area (Å²) in [6.45, 7) is 3.77. The van der Waals surface area contributed by atoms with Crippen molar-refractivity contribution in [1.29, 1.82) is 0 Å². The summed E-state index contributed by atoms with van der Waals surface area (Å²) < 4.78 is 20.5. The van der Waals surface area contributed by atoms with Gasteiger partial charge in [0.1, 0.15) is 0 Å². The van der Waals surface area contributed by atoms with Crippen LogP contribution in [0.15, 0.2) is 21.5 Å². The summed E-state index contributed by atoms with van der Waals surface area (Å²) >= 11 is 1.41. The van der Waals surface area contributed by atoms with Gasteiger partial charge in [0.15, 0.2) is 11.1 Å². The van der Waals surface area contributed by atoms with Crippen molar-refractivity contribution < 1.29 is 8.76 Å². The maximum absolute atomic E-state index is 10.8. The van der Waals surface area contributed by atoms with E-state index in [0.29, 0.717) is 4.90 Å². The Bertz CT molecular complexity index is 341. The van der Waals surface area contributed by atoms with Crippen LogP contribution in [0.1, 0.15) is 11.1 Å². The summed E-state index contributed by atoms with van der Waals surface area (Å²) in [4.78, 5) is 0.465. The fraction of sp³-hybridized carbons (Fsp3) is 0.250. The van der Waals surface area contributed by atoms with Gasteiger partial charge in [-0.05, 0) is 31.0 Å². The van der Waals surface area contributed by atoms with Gasteiger partial charge in [0.05, 0.1) is 4.90 Å². The van der Waals surface area contributed by atoms with Gasteiger partial charge in [0.25, 0.3) is 0 Å². The van der Waals surface area contributed by atoms with E-state index in [4.69, 9.17) is 4.55 Å². The van der Waals surface area contributed by atoms with E-state index in [1.54, 1.807) is 6.07 Å². The molecule has 1 rings (SSSR count). The van der Waals surface area contributed by atoms with Gasteiger partial charge in [-0.25, -0.2) is 4.21 Å². The number of aryl methyl sites for hydroxylation is 2. The molecule has 13 heavy (non-hydrogen) atoms. The predicted octanol–water partition coefficient (Wildman–Crippen LogP) is 2.00. The van der Waals surface area contributed by atoms with Crippen molar-refractivity contribution in [3.63, 3.8) is 0 Å². The van der Waals surface area contributed by atoms with Gasteiger partial charge in [0, 0.05) is 4.47 Å². The molecule has 0 saturated heterocycles. The average Bonchev–Trinajstić information content (AvgIpc) is 1.96. The Morgan fingerprint density at radius 2 is 1.85 bits per heavy atom. The molecule has 0 saturated carbocycles. The van der Waals surface area contributed by atoms with Crippen molar-refractivity contribution in [3.05, 3.63) is 27.7 Å². The SMILES string of the molecule is Cc1cc(C)c(S(=O)O)cc1Br.[NaH]. The Labute approximate surface area is 111 Å². The van der Waals surface area contributed by atoms with E-state index in [1.165, 1.54) is 0 Å². The van der Waals surface area contributed by atoms with E-state index in [-0.39, 0.29) is 29.6 Å². The molecule has 0 spiro atoms. The van der Waals surface area contributed by atoms with Crippen molar-refractivity contribution >= 4 is 56.6 Å². The number of hydrogen-bond donors (Lipinski definition) is 1. The third kappa shape index (κ3) is 3.46. The van der Waals surface area contributed by atoms with Crippen LogP contribution < -0.4 is 0 Å². The molecule has 0 aliphatic heterocycles. The summed E-state index contributed by atoms with van der Waals surface area (Å²) in [5, 5.41) is 0. The number of halogens is 1. The van der Waals surface area contributed by atoms with Crippen LogP contribution in [0.4, 0.5) is 0 Å². The minimum atomic E-state index is -1.89. The molecule has 0 aromatic heterocycles. The predicted molar refractivity (Wildman–Crippen MR) is 59.8 cm³/mol. The molecule has 1 aromatic rings. The van der Waals surface area contributed by atoms with E-state index in [9.17, 15) is 4.21 Å². The first-order valence-corrected chi connectivity index (χ1v) is 5.30. The van der Waals surface area contributed by atoms with Crippen molar-refractivity contribution in [1.82, 2.24) is 0 Å². The molecule has 1 N–H and O–H groups in total. The van der Waals surface area contributed by atoms with E-state index in [2.05, 4.69) is 15.9 Å². The summed E-state index contributed by atoms with van der Waals surface area (Å²) in [5.74, 6) is 0. The zero-order valence-electron chi connectivity index (χ0n) is 6.80. The fourth-order valence-corrected chi connectivity index (χ4v) is 2.04. The summed E-state index contributed by atoms with van der Waals surface area (Å²) in [7, 11) is 0. The second-order valence-corrected chi connectivity index (χ2v) is 4.41. The molecule has 5 heteroatoms. The van der Waals surface area contributed by atoms with E-state index < -0.39 is 11.1 Å². The summed E-state index contributed by atoms with van der Waals surface area (Å²) in [6, 6.07) is 3.56. The van der Waals surface area contributed by atoms with Crippen LogP contribution in [0.3, 0.4) is 0 Å². The molecule has 1 aromatic carbocycles. The molecule has 68 valence electrons. The van der Waals surface area contributed by atoms with E-state index in [0.717, 1.165) is 15.6 Å². The van der Waals surface area contributed by atoms with Crippen molar-refractivity contribution in [3.8, 4) is 0 Å². The molecule has 0 bridgehead atoms. The minimum absolute atomic E-state index is 0. The molecule has 0 radical (unpaired) electrons. The van der Waals surface area contributed by atoms with Crippen molar-refractivity contribution in [2.45, 2.75) is 18.7 Å². The number of benzene rings is 1. The third-order valence-electron chi connectivity index (χ3n) is 1.64. The van der Waals surface area contributed by atoms with Gasteiger partial charge in [-0.15, -0.1) is 0 Å². The number of hydrogen-bond acceptors (Lipinski definition) is 1. The number of rotatable bonds is 1. The molecule has 0 aliphatic rings. The summed E-state index contributed by atoms with van der Waals surface area (Å²) in [5.41, 5.74) is 1.92. The van der Waals surface area contributed by atoms with Crippen LogP contribution in [0, 0.1) is 13.8 Å². The van der Waals surface area contributed by atoms with E-state index >= 15 is 0 Å². The normalized spacial score (nSPS) is 12.0. The van der Waals surface area contributed by atoms with Crippen LogP contribution >= 0.6 is 15.9 Å². The Balaban J connectivity index is 0.00000144. The maximum atomic E-state index is 10.8. The molecule has 0 aliphatic carbocycles. The third-order valence-corrected chi connectivity index (χ3v) is 3.31. The van der Waals surface area contributed by atoms with Crippen LogP contribution in [0.5, 0.6) is 0 Å². The second kappa shape index (κ2) is 5.63. The molecular formula is C8H10BrNaO2S. The molecule has 2 nitrogen and oxygen atoms in total. The monoisotopic (exact) mass is 272 g/mol.